The van der Waals surface area contributed by atoms with Crippen molar-refractivity contribution < 1.29 is 4.74 Å². The van der Waals surface area contributed by atoms with Gasteiger partial charge in [0, 0.05) is 30.0 Å². The van der Waals surface area contributed by atoms with Crippen LogP contribution in [-0.2, 0) is 4.74 Å². The molecule has 0 amide bonds. The molecule has 4 unspecified atom stereocenters. The maximum atomic E-state index is 6.21. The number of aromatic nitrogens is 2. The van der Waals surface area contributed by atoms with E-state index in [-0.39, 0.29) is 18.3 Å². The molecule has 4 atom stereocenters. The molecule has 6 rings (SSSR count). The lowest BCUT2D eigenvalue weighted by Crippen LogP contribution is -2.21. The first-order chi connectivity index (χ1) is 16.9. The lowest BCUT2D eigenvalue weighted by Gasteiger charge is -2.20. The highest BCUT2D eigenvalue weighted by Crippen LogP contribution is 2.39. The van der Waals surface area contributed by atoms with Crippen LogP contribution in [0.25, 0.3) is 11.4 Å². The summed E-state index contributed by atoms with van der Waals surface area (Å²) in [6.45, 7) is 0.626. The van der Waals surface area contributed by atoms with E-state index in [4.69, 9.17) is 14.7 Å². The van der Waals surface area contributed by atoms with Gasteiger partial charge in [-0.3, -0.25) is 15.3 Å². The third-order valence-corrected chi connectivity index (χ3v) is 6.89. The molecule has 4 heterocycles. The van der Waals surface area contributed by atoms with Gasteiger partial charge in [-0.1, -0.05) is 72.8 Å². The van der Waals surface area contributed by atoms with Gasteiger partial charge in [0.05, 0.1) is 24.0 Å². The zero-order valence-electron chi connectivity index (χ0n) is 19.0. The van der Waals surface area contributed by atoms with Crippen LogP contribution in [0.4, 0.5) is 0 Å². The fourth-order valence-electron chi connectivity index (χ4n) is 5.19. The summed E-state index contributed by atoms with van der Waals surface area (Å²) in [5, 5.41) is 7.48. The summed E-state index contributed by atoms with van der Waals surface area (Å²) < 4.78 is 6.21. The van der Waals surface area contributed by atoms with Gasteiger partial charge in [-0.25, -0.2) is 0 Å². The van der Waals surface area contributed by atoms with E-state index in [9.17, 15) is 0 Å². The molecule has 5 nitrogen and oxygen atoms in total. The van der Waals surface area contributed by atoms with Crippen LogP contribution in [0, 0.1) is 0 Å². The van der Waals surface area contributed by atoms with Crippen LogP contribution in [0.1, 0.15) is 59.4 Å². The number of hydrogen-bond acceptors (Lipinski definition) is 5. The van der Waals surface area contributed by atoms with Gasteiger partial charge in [0.25, 0.3) is 0 Å². The van der Waals surface area contributed by atoms with Gasteiger partial charge in [0.15, 0.2) is 0 Å². The lowest BCUT2D eigenvalue weighted by molar-refractivity contribution is 0.101. The SMILES string of the molecule is c1ccc(C2CCC(c3cccnc3-c3ncccc3C3NC(c4ccccc4)CO3)N2)cc1. The molecule has 0 saturated carbocycles. The van der Waals surface area contributed by atoms with Crippen LogP contribution >= 0.6 is 0 Å². The Kier molecular flexibility index (Phi) is 5.90. The Hall–Kier alpha value is -3.38. The Bertz CT molecular complexity index is 1150. The number of ether oxygens (including phenoxy) is 1. The number of nitrogens with one attached hydrogen (secondary N) is 2. The molecule has 2 N–H and O–H groups in total. The van der Waals surface area contributed by atoms with Crippen LogP contribution in [0.2, 0.25) is 0 Å². The van der Waals surface area contributed by atoms with Gasteiger partial charge in [-0.05, 0) is 41.7 Å². The van der Waals surface area contributed by atoms with Gasteiger partial charge >= 0.3 is 0 Å². The highest BCUT2D eigenvalue weighted by atomic mass is 16.5. The van der Waals surface area contributed by atoms with E-state index in [2.05, 4.69) is 77.4 Å². The van der Waals surface area contributed by atoms with Crippen molar-refractivity contribution in [2.45, 2.75) is 37.2 Å². The van der Waals surface area contributed by atoms with E-state index in [0.717, 1.165) is 29.8 Å². The Morgan fingerprint density at radius 2 is 1.18 bits per heavy atom. The van der Waals surface area contributed by atoms with Gasteiger partial charge < -0.3 is 10.1 Å². The Labute approximate surface area is 200 Å². The van der Waals surface area contributed by atoms with Gasteiger partial charge in [-0.15, -0.1) is 0 Å². The summed E-state index contributed by atoms with van der Waals surface area (Å²) in [6, 6.07) is 30.2. The molecule has 4 aromatic rings. The predicted molar refractivity (Wildman–Crippen MR) is 133 cm³/mol. The Morgan fingerprint density at radius 3 is 1.88 bits per heavy atom. The standard InChI is InChI=1S/C29H28N4O/c1-3-9-20(10-4-1)24-15-16-25(32-24)22-13-7-17-30-27(22)28-23(14-8-18-31-28)29-33-26(19-34-29)21-11-5-2-6-12-21/h1-14,17-18,24-26,29,32-33H,15-16,19H2. The number of rotatable bonds is 5. The normalized spacial score (nSPS) is 24.4. The van der Waals surface area contributed by atoms with Crippen LogP contribution in [0.3, 0.4) is 0 Å². The summed E-state index contributed by atoms with van der Waals surface area (Å²) in [7, 11) is 0. The van der Waals surface area contributed by atoms with Crippen molar-refractivity contribution >= 4 is 0 Å². The molecule has 170 valence electrons. The van der Waals surface area contributed by atoms with Gasteiger partial charge in [-0.2, -0.15) is 0 Å². The van der Waals surface area contributed by atoms with Gasteiger partial charge in [0.2, 0.25) is 0 Å². The van der Waals surface area contributed by atoms with E-state index >= 15 is 0 Å². The van der Waals surface area contributed by atoms with E-state index in [0.29, 0.717) is 12.6 Å². The molecular weight excluding hydrogens is 420 g/mol. The molecule has 2 aromatic heterocycles. The highest BCUT2D eigenvalue weighted by molar-refractivity contribution is 5.64. The van der Waals surface area contributed by atoms with E-state index in [1.54, 1.807) is 0 Å². The topological polar surface area (TPSA) is 59.1 Å². The molecule has 2 aliphatic rings. The second kappa shape index (κ2) is 9.47. The second-order valence-electron chi connectivity index (χ2n) is 8.99. The summed E-state index contributed by atoms with van der Waals surface area (Å²) in [4.78, 5) is 9.60. The predicted octanol–water partition coefficient (Wildman–Crippen LogP) is 5.67. The van der Waals surface area contributed by atoms with Crippen molar-refractivity contribution in [3.05, 3.63) is 120 Å². The second-order valence-corrected chi connectivity index (χ2v) is 8.99. The summed E-state index contributed by atoms with van der Waals surface area (Å²) >= 11 is 0. The van der Waals surface area contributed by atoms with E-state index < -0.39 is 0 Å². The molecule has 0 aliphatic carbocycles. The van der Waals surface area contributed by atoms with E-state index in [1.165, 1.54) is 16.7 Å². The fourth-order valence-corrected chi connectivity index (χ4v) is 5.19. The Balaban J connectivity index is 1.29. The molecule has 5 heteroatoms. The largest absolute Gasteiger partial charge is 0.357 e. The van der Waals surface area contributed by atoms with Crippen molar-refractivity contribution in [3.8, 4) is 11.4 Å². The molecule has 2 aromatic carbocycles. The zero-order valence-corrected chi connectivity index (χ0v) is 19.0. The molecule has 0 radical (unpaired) electrons. The highest BCUT2D eigenvalue weighted by Gasteiger charge is 2.32. The summed E-state index contributed by atoms with van der Waals surface area (Å²) in [5.41, 5.74) is 6.60. The molecular formula is C29H28N4O. The molecule has 2 saturated heterocycles. The van der Waals surface area contributed by atoms with E-state index in [1.807, 2.05) is 30.6 Å². The number of hydrogen-bond donors (Lipinski definition) is 2. The Morgan fingerprint density at radius 1 is 0.588 bits per heavy atom. The first-order valence-corrected chi connectivity index (χ1v) is 12.0. The molecule has 2 aliphatic heterocycles. The smallest absolute Gasteiger partial charge is 0.137 e. The first kappa shape index (κ1) is 21.2. The van der Waals surface area contributed by atoms with Crippen LogP contribution in [-0.4, -0.2) is 16.6 Å². The van der Waals surface area contributed by atoms with Crippen LogP contribution < -0.4 is 10.6 Å². The third-order valence-electron chi connectivity index (χ3n) is 6.89. The molecule has 34 heavy (non-hydrogen) atoms. The fraction of sp³-hybridized carbons (Fsp3) is 0.241. The van der Waals surface area contributed by atoms with Crippen molar-refractivity contribution in [2.24, 2.45) is 0 Å². The molecule has 0 bridgehead atoms. The maximum Gasteiger partial charge on any atom is 0.137 e. The monoisotopic (exact) mass is 448 g/mol. The minimum absolute atomic E-state index is 0.158. The number of pyridine rings is 2. The minimum atomic E-state index is -0.225. The summed E-state index contributed by atoms with van der Waals surface area (Å²) in [6.07, 6.45) is 5.64. The summed E-state index contributed by atoms with van der Waals surface area (Å²) in [5.74, 6) is 0. The van der Waals surface area contributed by atoms with Crippen molar-refractivity contribution in [1.29, 1.82) is 0 Å². The first-order valence-electron chi connectivity index (χ1n) is 12.0. The minimum Gasteiger partial charge on any atom is -0.357 e. The quantitative estimate of drug-likeness (QED) is 0.412. The number of benzene rings is 2. The third kappa shape index (κ3) is 4.14. The number of nitrogens with zero attached hydrogens (tertiary/aromatic N) is 2. The molecule has 2 fully saturated rings. The average Bonchev–Trinajstić information content (AvgIpc) is 3.61. The maximum absolute atomic E-state index is 6.21. The average molecular weight is 449 g/mol. The van der Waals surface area contributed by atoms with Crippen molar-refractivity contribution in [1.82, 2.24) is 20.6 Å². The molecule has 0 spiro atoms. The van der Waals surface area contributed by atoms with Gasteiger partial charge in [0.1, 0.15) is 6.23 Å². The van der Waals surface area contributed by atoms with Crippen molar-refractivity contribution in [3.63, 3.8) is 0 Å². The van der Waals surface area contributed by atoms with Crippen LogP contribution in [0.5, 0.6) is 0 Å². The van der Waals surface area contributed by atoms with Crippen LogP contribution in [0.15, 0.2) is 97.3 Å². The zero-order chi connectivity index (χ0) is 22.7. The van der Waals surface area contributed by atoms with Crippen molar-refractivity contribution in [2.75, 3.05) is 6.61 Å². The lowest BCUT2D eigenvalue weighted by atomic mass is 9.98.